The monoisotopic (exact) mass is 563 g/mol. The third-order valence-corrected chi connectivity index (χ3v) is 7.68. The van der Waals surface area contributed by atoms with E-state index in [1.807, 2.05) is 6.07 Å². The number of nitrogens with one attached hydrogen (secondary N) is 2. The number of anilines is 2. The smallest absolute Gasteiger partial charge is 0.270 e. The lowest BCUT2D eigenvalue weighted by Crippen LogP contribution is -2.42. The molecule has 1 unspecified atom stereocenters. The van der Waals surface area contributed by atoms with Crippen LogP contribution in [0.15, 0.2) is 41.3 Å². The SMILES string of the molecule is O=C(NCC(O)CN1CCc2cc(OCc3cnco3)ccc2C1)c1cc(NC2COC2)nc(N2CCCCC2)n1. The maximum absolute atomic E-state index is 13.1. The number of ether oxygens (including phenoxy) is 2. The number of carbonyl (C=O) groups excluding carboxylic acids is 1. The lowest BCUT2D eigenvalue weighted by molar-refractivity contribution is 0.0209. The average molecular weight is 564 g/mol. The van der Waals surface area contributed by atoms with Gasteiger partial charge in [-0.1, -0.05) is 6.07 Å². The summed E-state index contributed by atoms with van der Waals surface area (Å²) in [6.07, 6.45) is 6.55. The van der Waals surface area contributed by atoms with Crippen molar-refractivity contribution in [1.82, 2.24) is 25.2 Å². The van der Waals surface area contributed by atoms with Crippen LogP contribution in [-0.4, -0.2) is 88.9 Å². The van der Waals surface area contributed by atoms with Crippen LogP contribution in [0.5, 0.6) is 5.75 Å². The fraction of sp³-hybridized carbons (Fsp3) is 0.517. The lowest BCUT2D eigenvalue weighted by atomic mass is 9.99. The number of hydrogen-bond donors (Lipinski definition) is 3. The highest BCUT2D eigenvalue weighted by molar-refractivity contribution is 5.93. The van der Waals surface area contributed by atoms with Crippen LogP contribution in [0.25, 0.3) is 0 Å². The van der Waals surface area contributed by atoms with E-state index in [0.717, 1.165) is 51.2 Å². The van der Waals surface area contributed by atoms with E-state index in [1.165, 1.54) is 23.9 Å². The number of oxazole rings is 1. The van der Waals surface area contributed by atoms with E-state index in [-0.39, 0.29) is 18.5 Å². The fourth-order valence-corrected chi connectivity index (χ4v) is 5.35. The number of fused-ring (bicyclic) bond motifs is 1. The standard InChI is InChI=1S/C29H37N7O5/c37-23(15-35-9-6-20-10-24(5-4-21(20)14-35)40-18-25-13-30-19-41-25)12-31-28(38)26-11-27(32-22-16-39-17-22)34-29(33-26)36-7-2-1-3-8-36/h4-5,10-11,13,19,22-23,37H,1-3,6-9,12,14-18H2,(H,31,38)(H,32,33,34). The van der Waals surface area contributed by atoms with Crippen LogP contribution in [0, 0.1) is 0 Å². The molecule has 3 aromatic rings. The zero-order valence-electron chi connectivity index (χ0n) is 23.1. The van der Waals surface area contributed by atoms with Gasteiger partial charge in [-0.2, -0.15) is 4.98 Å². The number of amides is 1. The van der Waals surface area contributed by atoms with E-state index in [0.29, 0.717) is 49.6 Å². The van der Waals surface area contributed by atoms with Gasteiger partial charge in [-0.15, -0.1) is 0 Å². The normalized spacial score (nSPS) is 18.3. The summed E-state index contributed by atoms with van der Waals surface area (Å²) in [6, 6.07) is 7.96. The number of carbonyl (C=O) groups is 1. The third kappa shape index (κ3) is 7.13. The number of benzene rings is 1. The van der Waals surface area contributed by atoms with E-state index in [1.54, 1.807) is 12.3 Å². The molecule has 3 aliphatic heterocycles. The number of hydrogen-bond acceptors (Lipinski definition) is 11. The minimum Gasteiger partial charge on any atom is -0.486 e. The second-order valence-electron chi connectivity index (χ2n) is 10.9. The molecule has 0 aliphatic carbocycles. The van der Waals surface area contributed by atoms with Gasteiger partial charge in [-0.05, 0) is 48.9 Å². The van der Waals surface area contributed by atoms with Crippen molar-refractivity contribution in [3.05, 3.63) is 59.4 Å². The first kappa shape index (κ1) is 27.4. The molecule has 3 N–H and O–H groups in total. The molecule has 3 aliphatic rings. The molecule has 12 nitrogen and oxygen atoms in total. The van der Waals surface area contributed by atoms with E-state index >= 15 is 0 Å². The van der Waals surface area contributed by atoms with E-state index in [9.17, 15) is 9.90 Å². The summed E-state index contributed by atoms with van der Waals surface area (Å²) in [5.41, 5.74) is 2.75. The molecule has 1 atom stereocenters. The highest BCUT2D eigenvalue weighted by Gasteiger charge is 2.24. The summed E-state index contributed by atoms with van der Waals surface area (Å²) in [5.74, 6) is 2.35. The predicted octanol–water partition coefficient (Wildman–Crippen LogP) is 1.99. The van der Waals surface area contributed by atoms with E-state index in [2.05, 4.69) is 47.5 Å². The molecule has 2 saturated heterocycles. The summed E-state index contributed by atoms with van der Waals surface area (Å²) in [5, 5.41) is 17.0. The van der Waals surface area contributed by atoms with Crippen LogP contribution < -0.4 is 20.3 Å². The molecule has 0 bridgehead atoms. The minimum atomic E-state index is -0.710. The van der Waals surface area contributed by atoms with Gasteiger partial charge in [0.15, 0.2) is 12.2 Å². The molecule has 0 radical (unpaired) electrons. The summed E-state index contributed by atoms with van der Waals surface area (Å²) in [7, 11) is 0. The lowest BCUT2D eigenvalue weighted by Gasteiger charge is -2.30. The Labute approximate surface area is 239 Å². The molecule has 1 amide bonds. The minimum absolute atomic E-state index is 0.138. The summed E-state index contributed by atoms with van der Waals surface area (Å²) in [6.45, 7) is 5.48. The molecular formula is C29H37N7O5. The second-order valence-corrected chi connectivity index (χ2v) is 10.9. The first-order chi connectivity index (χ1) is 20.1. The highest BCUT2D eigenvalue weighted by atomic mass is 16.5. The number of piperidine rings is 1. The quantitative estimate of drug-likeness (QED) is 0.316. The molecule has 2 fully saturated rings. The zero-order valence-corrected chi connectivity index (χ0v) is 23.1. The van der Waals surface area contributed by atoms with Crippen LogP contribution in [0.1, 0.15) is 46.6 Å². The molecule has 0 spiro atoms. The summed E-state index contributed by atoms with van der Waals surface area (Å²) >= 11 is 0. The van der Waals surface area contributed by atoms with Crippen molar-refractivity contribution in [3.63, 3.8) is 0 Å². The predicted molar refractivity (Wildman–Crippen MR) is 151 cm³/mol. The van der Waals surface area contributed by atoms with Gasteiger partial charge >= 0.3 is 0 Å². The first-order valence-electron chi connectivity index (χ1n) is 14.4. The van der Waals surface area contributed by atoms with Gasteiger partial charge in [0.1, 0.15) is 23.9 Å². The van der Waals surface area contributed by atoms with Crippen molar-refractivity contribution >= 4 is 17.7 Å². The Balaban J connectivity index is 1.01. The molecule has 218 valence electrons. The first-order valence-corrected chi connectivity index (χ1v) is 14.4. The zero-order chi connectivity index (χ0) is 28.0. The Bertz CT molecular complexity index is 1310. The topological polar surface area (TPSA) is 138 Å². The Morgan fingerprint density at radius 2 is 2.00 bits per heavy atom. The molecule has 6 rings (SSSR count). The van der Waals surface area contributed by atoms with E-state index < -0.39 is 6.10 Å². The number of rotatable bonds is 11. The molecule has 2 aromatic heterocycles. The van der Waals surface area contributed by atoms with Crippen LogP contribution in [0.4, 0.5) is 11.8 Å². The van der Waals surface area contributed by atoms with Gasteiger partial charge in [-0.25, -0.2) is 9.97 Å². The molecule has 1 aromatic carbocycles. The van der Waals surface area contributed by atoms with Gasteiger partial charge in [0.2, 0.25) is 5.95 Å². The van der Waals surface area contributed by atoms with Crippen molar-refractivity contribution in [2.45, 2.75) is 51.0 Å². The number of aliphatic hydroxyl groups excluding tert-OH is 1. The van der Waals surface area contributed by atoms with Crippen LogP contribution >= 0.6 is 0 Å². The van der Waals surface area contributed by atoms with Gasteiger partial charge in [0.25, 0.3) is 5.91 Å². The average Bonchev–Trinajstić information content (AvgIpc) is 3.51. The van der Waals surface area contributed by atoms with Gasteiger partial charge in [0.05, 0.1) is 31.6 Å². The third-order valence-electron chi connectivity index (χ3n) is 7.68. The Morgan fingerprint density at radius 1 is 1.12 bits per heavy atom. The van der Waals surface area contributed by atoms with Crippen LogP contribution in [0.2, 0.25) is 0 Å². The fourth-order valence-electron chi connectivity index (χ4n) is 5.35. The molecule has 0 saturated carbocycles. The summed E-state index contributed by atoms with van der Waals surface area (Å²) in [4.78, 5) is 30.6. The van der Waals surface area contributed by atoms with Gasteiger partial charge < -0.3 is 34.5 Å². The Hall–Kier alpha value is -3.74. The largest absolute Gasteiger partial charge is 0.486 e. The Kier molecular flexibility index (Phi) is 8.59. The molecular weight excluding hydrogens is 526 g/mol. The van der Waals surface area contributed by atoms with Crippen molar-refractivity contribution in [2.24, 2.45) is 0 Å². The number of nitrogens with zero attached hydrogens (tertiary/aromatic N) is 5. The van der Waals surface area contributed by atoms with Crippen LogP contribution in [-0.2, 0) is 24.3 Å². The van der Waals surface area contributed by atoms with Crippen molar-refractivity contribution in [1.29, 1.82) is 0 Å². The maximum Gasteiger partial charge on any atom is 0.270 e. The van der Waals surface area contributed by atoms with Gasteiger partial charge in [0, 0.05) is 45.3 Å². The van der Waals surface area contributed by atoms with Crippen LogP contribution in [0.3, 0.4) is 0 Å². The second kappa shape index (κ2) is 12.8. The van der Waals surface area contributed by atoms with Crippen molar-refractivity contribution in [3.8, 4) is 5.75 Å². The number of aliphatic hydroxyl groups is 1. The maximum atomic E-state index is 13.1. The van der Waals surface area contributed by atoms with E-state index in [4.69, 9.17) is 13.9 Å². The van der Waals surface area contributed by atoms with Gasteiger partial charge in [-0.3, -0.25) is 9.69 Å². The molecule has 12 heteroatoms. The number of β-amino-alcohol motifs (C(OH)–C–C–N with tert-alkyl or cyclic N) is 1. The number of aromatic nitrogens is 3. The van der Waals surface area contributed by atoms with Crippen molar-refractivity contribution in [2.75, 3.05) is 56.2 Å². The highest BCUT2D eigenvalue weighted by Crippen LogP contribution is 2.25. The molecule has 5 heterocycles. The molecule has 41 heavy (non-hydrogen) atoms. The van der Waals surface area contributed by atoms with Crippen molar-refractivity contribution < 1.29 is 23.8 Å². The Morgan fingerprint density at radius 3 is 2.78 bits per heavy atom. The summed E-state index contributed by atoms with van der Waals surface area (Å²) < 4.78 is 16.3.